The lowest BCUT2D eigenvalue weighted by Gasteiger charge is -2.38. The van der Waals surface area contributed by atoms with Gasteiger partial charge in [-0.15, -0.1) is 0 Å². The highest BCUT2D eigenvalue weighted by molar-refractivity contribution is 5.83. The third kappa shape index (κ3) is 4.77. The van der Waals surface area contributed by atoms with Crippen molar-refractivity contribution in [3.8, 4) is 0 Å². The van der Waals surface area contributed by atoms with Crippen LogP contribution in [0.1, 0.15) is 93.9 Å². The molecule has 1 N–H and O–H groups in total. The van der Waals surface area contributed by atoms with Crippen molar-refractivity contribution in [1.82, 2.24) is 15.1 Å². The monoisotopic (exact) mass is 421 g/mol. The minimum absolute atomic E-state index is 0.0176. The van der Waals surface area contributed by atoms with Gasteiger partial charge in [-0.3, -0.25) is 19.4 Å². The summed E-state index contributed by atoms with van der Waals surface area (Å²) >= 11 is 0. The molecule has 0 spiro atoms. The average Bonchev–Trinajstić information content (AvgIpc) is 2.91. The van der Waals surface area contributed by atoms with Gasteiger partial charge in [0.1, 0.15) is 5.78 Å². The first-order chi connectivity index (χ1) is 13.5. The van der Waals surface area contributed by atoms with Crippen molar-refractivity contribution < 1.29 is 9.59 Å². The Hall–Kier alpha value is -0.940. The van der Waals surface area contributed by atoms with E-state index in [2.05, 4.69) is 84.6 Å². The number of nitrogens with zero attached hydrogens (tertiary/aromatic N) is 2. The number of nitrogens with one attached hydrogen (secondary N) is 1. The Morgan fingerprint density at radius 3 is 1.67 bits per heavy atom. The van der Waals surface area contributed by atoms with Crippen molar-refractivity contribution >= 4 is 11.7 Å². The second-order valence-corrected chi connectivity index (χ2v) is 12.1. The molecule has 2 heterocycles. The van der Waals surface area contributed by atoms with Gasteiger partial charge < -0.3 is 5.32 Å². The molecule has 1 amide bonds. The number of hydrogen-bond acceptors (Lipinski definition) is 4. The van der Waals surface area contributed by atoms with Crippen molar-refractivity contribution in [2.75, 3.05) is 20.6 Å². The van der Waals surface area contributed by atoms with Gasteiger partial charge in [0.05, 0.1) is 5.92 Å². The molecule has 5 nitrogen and oxygen atoms in total. The molecular formula is C25H47N3O2. The molecule has 0 bridgehead atoms. The molecule has 0 aromatic heterocycles. The zero-order valence-corrected chi connectivity index (χ0v) is 21.3. The normalized spacial score (nSPS) is 29.8. The van der Waals surface area contributed by atoms with Gasteiger partial charge in [-0.05, 0) is 95.2 Å². The second kappa shape index (κ2) is 8.54. The molecule has 2 fully saturated rings. The molecule has 0 aliphatic carbocycles. The molecule has 174 valence electrons. The predicted octanol–water partition coefficient (Wildman–Crippen LogP) is 4.25. The van der Waals surface area contributed by atoms with Gasteiger partial charge in [0.15, 0.2) is 0 Å². The van der Waals surface area contributed by atoms with E-state index in [4.69, 9.17) is 0 Å². The van der Waals surface area contributed by atoms with Crippen LogP contribution >= 0.6 is 0 Å². The standard InChI is InChI=1S/C25H47N3O2/c1-22(2)16-18(24(5,6)27(22)9)20(29)14-12-11-13-15-26-21(30)19-17-23(3,4)28(10)25(19,7)8/h18-19H,11-17H2,1-10H3,(H,26,30). The number of amides is 1. The molecule has 0 saturated carbocycles. The van der Waals surface area contributed by atoms with Gasteiger partial charge in [0.2, 0.25) is 5.91 Å². The average molecular weight is 422 g/mol. The quantitative estimate of drug-likeness (QED) is 0.595. The van der Waals surface area contributed by atoms with Crippen LogP contribution in [0, 0.1) is 11.8 Å². The van der Waals surface area contributed by atoms with Crippen LogP contribution in [0.5, 0.6) is 0 Å². The lowest BCUT2D eigenvalue weighted by molar-refractivity contribution is -0.127. The number of unbranched alkanes of at least 4 members (excludes halogenated alkanes) is 2. The van der Waals surface area contributed by atoms with Gasteiger partial charge in [-0.1, -0.05) is 6.42 Å². The Kier molecular flexibility index (Phi) is 7.21. The first-order valence-corrected chi connectivity index (χ1v) is 11.8. The van der Waals surface area contributed by atoms with Crippen LogP contribution in [-0.4, -0.2) is 64.3 Å². The highest BCUT2D eigenvalue weighted by atomic mass is 16.2. The largest absolute Gasteiger partial charge is 0.356 e. The highest BCUT2D eigenvalue weighted by Gasteiger charge is 2.52. The maximum atomic E-state index is 12.9. The molecule has 0 aromatic rings. The summed E-state index contributed by atoms with van der Waals surface area (Å²) in [4.78, 5) is 30.3. The van der Waals surface area contributed by atoms with Crippen molar-refractivity contribution in [2.45, 2.75) is 116 Å². The second-order valence-electron chi connectivity index (χ2n) is 12.1. The van der Waals surface area contributed by atoms with E-state index in [0.29, 0.717) is 18.7 Å². The van der Waals surface area contributed by atoms with E-state index in [-0.39, 0.29) is 39.9 Å². The fourth-order valence-corrected chi connectivity index (χ4v) is 5.83. The molecule has 2 saturated heterocycles. The van der Waals surface area contributed by atoms with E-state index in [9.17, 15) is 9.59 Å². The first-order valence-electron chi connectivity index (χ1n) is 11.8. The van der Waals surface area contributed by atoms with Crippen molar-refractivity contribution in [1.29, 1.82) is 0 Å². The predicted molar refractivity (Wildman–Crippen MR) is 125 cm³/mol. The maximum absolute atomic E-state index is 12.9. The fourth-order valence-electron chi connectivity index (χ4n) is 5.83. The van der Waals surface area contributed by atoms with Crippen LogP contribution in [0.25, 0.3) is 0 Å². The Balaban J connectivity index is 1.72. The van der Waals surface area contributed by atoms with E-state index in [1.807, 2.05) is 0 Å². The molecule has 2 aliphatic heterocycles. The van der Waals surface area contributed by atoms with Crippen molar-refractivity contribution in [3.05, 3.63) is 0 Å². The van der Waals surface area contributed by atoms with Crippen LogP contribution in [0.3, 0.4) is 0 Å². The summed E-state index contributed by atoms with van der Waals surface area (Å²) in [5, 5.41) is 3.15. The molecule has 0 aromatic carbocycles. The highest BCUT2D eigenvalue weighted by Crippen LogP contribution is 2.45. The van der Waals surface area contributed by atoms with E-state index < -0.39 is 0 Å². The Morgan fingerprint density at radius 2 is 1.23 bits per heavy atom. The SMILES string of the molecule is CN1C(C)(C)CC(C(=O)CCCCCNC(=O)C2CC(C)(C)N(C)C2(C)C)C1(C)C. The van der Waals surface area contributed by atoms with Gasteiger partial charge in [-0.25, -0.2) is 0 Å². The summed E-state index contributed by atoms with van der Waals surface area (Å²) in [6.07, 6.45) is 5.31. The minimum atomic E-state index is -0.130. The molecular weight excluding hydrogens is 374 g/mol. The van der Waals surface area contributed by atoms with Gasteiger partial charge >= 0.3 is 0 Å². The van der Waals surface area contributed by atoms with E-state index in [1.165, 1.54) is 0 Å². The number of Topliss-reactive ketones (excluding diaryl/α,β-unsaturated/α-hetero) is 1. The van der Waals surface area contributed by atoms with Crippen molar-refractivity contribution in [2.24, 2.45) is 11.8 Å². The van der Waals surface area contributed by atoms with Crippen LogP contribution in [0.2, 0.25) is 0 Å². The first kappa shape index (κ1) is 25.3. The number of carbonyl (C=O) groups excluding carboxylic acids is 2. The molecule has 5 heteroatoms. The summed E-state index contributed by atoms with van der Waals surface area (Å²) in [7, 11) is 4.26. The van der Waals surface area contributed by atoms with Crippen LogP contribution < -0.4 is 5.32 Å². The number of carbonyl (C=O) groups is 2. The molecule has 2 rings (SSSR count). The summed E-state index contributed by atoms with van der Waals surface area (Å²) in [5.41, 5.74) is -0.0914. The smallest absolute Gasteiger partial charge is 0.225 e. The zero-order chi connectivity index (χ0) is 23.1. The molecule has 2 aliphatic rings. The lowest BCUT2D eigenvalue weighted by Crippen LogP contribution is -2.49. The maximum Gasteiger partial charge on any atom is 0.225 e. The van der Waals surface area contributed by atoms with E-state index >= 15 is 0 Å². The number of likely N-dealkylation sites (tertiary alicyclic amines) is 2. The fraction of sp³-hybridized carbons (Fsp3) is 0.920. The Morgan fingerprint density at radius 1 is 0.767 bits per heavy atom. The van der Waals surface area contributed by atoms with Gasteiger partial charge in [-0.2, -0.15) is 0 Å². The molecule has 0 radical (unpaired) electrons. The third-order valence-electron chi connectivity index (χ3n) is 8.76. The Bertz CT molecular complexity index is 595. The van der Waals surface area contributed by atoms with Gasteiger partial charge in [0, 0.05) is 41.0 Å². The summed E-state index contributed by atoms with van der Waals surface area (Å²) in [6.45, 7) is 18.3. The van der Waals surface area contributed by atoms with Gasteiger partial charge in [0.25, 0.3) is 0 Å². The zero-order valence-electron chi connectivity index (χ0n) is 21.3. The number of rotatable bonds is 8. The third-order valence-corrected chi connectivity index (χ3v) is 8.76. The van der Waals surface area contributed by atoms with E-state index in [0.717, 1.165) is 32.1 Å². The summed E-state index contributed by atoms with van der Waals surface area (Å²) < 4.78 is 0. The van der Waals surface area contributed by atoms with Crippen LogP contribution in [0.15, 0.2) is 0 Å². The number of ketones is 1. The summed E-state index contributed by atoms with van der Waals surface area (Å²) in [6, 6.07) is 0. The minimum Gasteiger partial charge on any atom is -0.356 e. The van der Waals surface area contributed by atoms with Crippen LogP contribution in [0.4, 0.5) is 0 Å². The van der Waals surface area contributed by atoms with Crippen LogP contribution in [-0.2, 0) is 9.59 Å². The summed E-state index contributed by atoms with van der Waals surface area (Å²) in [5.74, 6) is 0.706. The lowest BCUT2D eigenvalue weighted by atomic mass is 9.82. The molecule has 30 heavy (non-hydrogen) atoms. The Labute approximate surface area is 185 Å². The molecule has 2 unspecified atom stereocenters. The van der Waals surface area contributed by atoms with E-state index in [1.54, 1.807) is 0 Å². The number of hydrogen-bond donors (Lipinski definition) is 1. The topological polar surface area (TPSA) is 52.7 Å². The molecule has 2 atom stereocenters. The van der Waals surface area contributed by atoms with Crippen molar-refractivity contribution in [3.63, 3.8) is 0 Å².